The Morgan fingerprint density at radius 1 is 0.683 bits per heavy atom. The van der Waals surface area contributed by atoms with E-state index >= 15 is 0 Å². The van der Waals surface area contributed by atoms with E-state index in [1.54, 1.807) is 24.3 Å². The number of hydrogen-bond donors (Lipinski definition) is 6. The van der Waals surface area contributed by atoms with E-state index < -0.39 is 34.8 Å². The number of carboxylic acid groups (broad SMARTS) is 2. The van der Waals surface area contributed by atoms with Crippen LogP contribution in [-0.4, -0.2) is 57.4 Å². The lowest BCUT2D eigenvalue weighted by Crippen LogP contribution is -2.75. The van der Waals surface area contributed by atoms with Gasteiger partial charge >= 0.3 is 11.9 Å². The molecule has 6 N–H and O–H groups in total. The first-order chi connectivity index (χ1) is 29.0. The van der Waals surface area contributed by atoms with Gasteiger partial charge in [0.15, 0.2) is 11.1 Å². The molecule has 7 rings (SSSR count). The van der Waals surface area contributed by atoms with E-state index in [1.165, 1.54) is 42.7 Å². The lowest BCUT2D eigenvalue weighted by Gasteiger charge is -2.42. The number of hydrogen-bond acceptors (Lipinski definition) is 7. The summed E-state index contributed by atoms with van der Waals surface area (Å²) in [5, 5.41) is 31.6. The molecule has 4 aromatic carbocycles. The molecule has 3 saturated carbocycles. The predicted octanol–water partition coefficient (Wildman–Crippen LogP) is 7.22. The molecule has 0 aliphatic heterocycles. The Morgan fingerprint density at radius 2 is 1.22 bits per heavy atom. The van der Waals surface area contributed by atoms with Crippen LogP contribution >= 0.6 is 0 Å². The fraction of sp³-hybridized carbons (Fsp3) is 0.362. The van der Waals surface area contributed by atoms with Crippen LogP contribution < -0.4 is 26.0 Å². The third kappa shape index (κ3) is 9.68. The van der Waals surface area contributed by atoms with Gasteiger partial charge in [-0.15, -0.1) is 0 Å². The molecule has 3 atom stereocenters. The van der Waals surface area contributed by atoms with Gasteiger partial charge in [0.05, 0.1) is 0 Å². The average Bonchev–Trinajstić information content (AvgIpc) is 4.05. The van der Waals surface area contributed by atoms with Crippen molar-refractivity contribution in [2.75, 3.05) is 10.6 Å². The number of ether oxygens (including phenoxy) is 1. The Hall–Kier alpha value is -6.50. The van der Waals surface area contributed by atoms with E-state index in [-0.39, 0.29) is 48.5 Å². The summed E-state index contributed by atoms with van der Waals surface area (Å²) in [6.07, 6.45) is 8.10. The Kier molecular flexibility index (Phi) is 14.0. The number of aliphatic carboxylic acids is 2. The molecular weight excluding hydrogens is 765 g/mol. The van der Waals surface area contributed by atoms with E-state index in [4.69, 9.17) is 4.74 Å². The van der Waals surface area contributed by atoms with Crippen molar-refractivity contribution in [2.45, 2.75) is 94.7 Å². The highest BCUT2D eigenvalue weighted by Crippen LogP contribution is 2.50. The lowest BCUT2D eigenvalue weighted by molar-refractivity contribution is -0.160. The minimum Gasteiger partial charge on any atom is -0.489 e. The first kappa shape index (κ1) is 43.1. The third-order valence-corrected chi connectivity index (χ3v) is 12.0. The van der Waals surface area contributed by atoms with Crippen molar-refractivity contribution in [1.29, 1.82) is 0 Å². The summed E-state index contributed by atoms with van der Waals surface area (Å²) in [5.74, 6) is -4.23. The summed E-state index contributed by atoms with van der Waals surface area (Å²) in [4.78, 5) is 75.6. The minimum absolute atomic E-state index is 0.0378. The number of amides is 4. The van der Waals surface area contributed by atoms with E-state index in [2.05, 4.69) is 21.3 Å². The molecule has 0 spiro atoms. The highest BCUT2D eigenvalue weighted by atomic mass is 16.5. The van der Waals surface area contributed by atoms with Crippen LogP contribution in [0.15, 0.2) is 103 Å². The normalized spacial score (nSPS) is 21.2. The summed E-state index contributed by atoms with van der Waals surface area (Å²) >= 11 is 0. The number of aryl methyl sites for hydroxylation is 1. The second-order valence-electron chi connectivity index (χ2n) is 15.9. The highest BCUT2D eigenvalue weighted by Gasteiger charge is 2.70. The molecule has 0 radical (unpaired) electrons. The quantitative estimate of drug-likeness (QED) is 0.0711. The van der Waals surface area contributed by atoms with Crippen LogP contribution in [0, 0.1) is 18.8 Å². The molecule has 0 bridgehead atoms. The topological polar surface area (TPSA) is 200 Å². The Bertz CT molecular complexity index is 2130. The zero-order chi connectivity index (χ0) is 42.7. The second kappa shape index (κ2) is 19.5. The molecule has 13 nitrogen and oxygen atoms in total. The number of rotatable bonds is 14. The largest absolute Gasteiger partial charge is 0.489 e. The monoisotopic (exact) mass is 816 g/mol. The van der Waals surface area contributed by atoms with Gasteiger partial charge in [0, 0.05) is 34.7 Å². The molecule has 4 aromatic rings. The summed E-state index contributed by atoms with van der Waals surface area (Å²) in [6, 6.07) is 30.0. The standard InChI is InChI=1S/C34H35N3O8.C13H17NO/c38-21-35-34(32(43)44)28(23-12-16-27(17-13-23)45-20-22-6-2-1-3-7-22)18-19-33(34,31(41)42)37-30(40)25-10-14-26(15-11-25)36-29(39)24-8-4-5-9-24;1-10-6-8-12(9-7-10)14-13(15)11-4-2-3-5-11/h1-3,6-7,10-17,21,24,28H,4-5,8-9,18-20H2,(H,35,38)(H,36,39)(H,37,40)(H,41,42)(H,43,44);6-9,11H,2-5H2,1H3,(H,14,15). The number of anilines is 2. The zero-order valence-corrected chi connectivity index (χ0v) is 33.7. The highest BCUT2D eigenvalue weighted by molar-refractivity contribution is 6.03. The Morgan fingerprint density at radius 3 is 1.72 bits per heavy atom. The number of benzene rings is 4. The van der Waals surface area contributed by atoms with Crippen LogP contribution in [-0.2, 0) is 30.6 Å². The van der Waals surface area contributed by atoms with Crippen molar-refractivity contribution in [2.24, 2.45) is 11.8 Å². The molecule has 0 heterocycles. The minimum atomic E-state index is -2.42. The van der Waals surface area contributed by atoms with Gasteiger partial charge in [-0.3, -0.25) is 19.2 Å². The molecule has 3 aliphatic carbocycles. The van der Waals surface area contributed by atoms with Crippen LogP contribution in [0.25, 0.3) is 0 Å². The smallest absolute Gasteiger partial charge is 0.333 e. The van der Waals surface area contributed by atoms with Gasteiger partial charge in [0.2, 0.25) is 18.2 Å². The van der Waals surface area contributed by atoms with Gasteiger partial charge in [-0.2, -0.15) is 0 Å². The van der Waals surface area contributed by atoms with Gasteiger partial charge in [0.25, 0.3) is 5.91 Å². The van der Waals surface area contributed by atoms with Gasteiger partial charge in [0.1, 0.15) is 12.4 Å². The SMILES string of the molecule is Cc1ccc(NC(=O)C2CCCC2)cc1.O=CNC1(C(=O)O)C(c2ccc(OCc3ccccc3)cc2)CCC1(NC(=O)c1ccc(NC(=O)C2CCCC2)cc1)C(=O)O. The van der Waals surface area contributed by atoms with Crippen LogP contribution in [0.1, 0.15) is 97.2 Å². The Labute approximate surface area is 349 Å². The van der Waals surface area contributed by atoms with Crippen molar-refractivity contribution in [3.8, 4) is 5.75 Å². The second-order valence-corrected chi connectivity index (χ2v) is 15.9. The summed E-state index contributed by atoms with van der Waals surface area (Å²) in [7, 11) is 0. The summed E-state index contributed by atoms with van der Waals surface area (Å²) in [6.45, 7) is 2.36. The fourth-order valence-corrected chi connectivity index (χ4v) is 8.70. The fourth-order valence-electron chi connectivity index (χ4n) is 8.70. The molecule has 3 unspecified atom stereocenters. The number of carbonyl (C=O) groups is 6. The van der Waals surface area contributed by atoms with Crippen molar-refractivity contribution in [3.63, 3.8) is 0 Å². The van der Waals surface area contributed by atoms with E-state index in [1.807, 2.05) is 61.5 Å². The Balaban J connectivity index is 0.000000336. The van der Waals surface area contributed by atoms with Gasteiger partial charge in [-0.05, 0) is 105 Å². The maximum Gasteiger partial charge on any atom is 0.333 e. The molecule has 60 heavy (non-hydrogen) atoms. The van der Waals surface area contributed by atoms with E-state index in [0.29, 0.717) is 23.6 Å². The van der Waals surface area contributed by atoms with Crippen molar-refractivity contribution < 1.29 is 43.7 Å². The van der Waals surface area contributed by atoms with Crippen LogP contribution in [0.5, 0.6) is 5.75 Å². The van der Waals surface area contributed by atoms with Crippen molar-refractivity contribution in [3.05, 3.63) is 125 Å². The molecule has 314 valence electrons. The summed E-state index contributed by atoms with van der Waals surface area (Å²) < 4.78 is 5.83. The average molecular weight is 817 g/mol. The molecule has 3 aliphatic rings. The van der Waals surface area contributed by atoms with Crippen molar-refractivity contribution >= 4 is 47.4 Å². The van der Waals surface area contributed by atoms with Crippen LogP contribution in [0.4, 0.5) is 11.4 Å². The van der Waals surface area contributed by atoms with Gasteiger partial charge in [-0.1, -0.05) is 85.8 Å². The maximum absolute atomic E-state index is 13.5. The van der Waals surface area contributed by atoms with Crippen molar-refractivity contribution in [1.82, 2.24) is 10.6 Å². The van der Waals surface area contributed by atoms with E-state index in [9.17, 15) is 39.0 Å². The first-order valence-corrected chi connectivity index (χ1v) is 20.5. The molecule has 13 heteroatoms. The molecule has 3 fully saturated rings. The number of carbonyl (C=O) groups excluding carboxylic acids is 4. The van der Waals surface area contributed by atoms with Crippen LogP contribution in [0.2, 0.25) is 0 Å². The molecule has 4 amide bonds. The first-order valence-electron chi connectivity index (χ1n) is 20.5. The molecular formula is C47H52N4O9. The zero-order valence-electron chi connectivity index (χ0n) is 33.7. The van der Waals surface area contributed by atoms with Crippen LogP contribution in [0.3, 0.4) is 0 Å². The molecule has 0 aromatic heterocycles. The number of nitrogens with one attached hydrogen (secondary N) is 4. The number of carboxylic acids is 2. The molecule has 0 saturated heterocycles. The summed E-state index contributed by atoms with van der Waals surface area (Å²) in [5.41, 5.74) is -0.718. The van der Waals surface area contributed by atoms with Gasteiger partial charge in [-0.25, -0.2) is 9.59 Å². The predicted molar refractivity (Wildman–Crippen MR) is 225 cm³/mol. The maximum atomic E-state index is 13.5. The third-order valence-electron chi connectivity index (χ3n) is 12.0. The lowest BCUT2D eigenvalue weighted by atomic mass is 9.72. The van der Waals surface area contributed by atoms with E-state index in [0.717, 1.165) is 49.8 Å². The van der Waals surface area contributed by atoms with Gasteiger partial charge < -0.3 is 36.2 Å².